The fourth-order valence-corrected chi connectivity index (χ4v) is 1.56. The van der Waals surface area contributed by atoms with E-state index in [0.717, 1.165) is 24.5 Å². The van der Waals surface area contributed by atoms with Crippen molar-refractivity contribution in [3.8, 4) is 11.5 Å². The third-order valence-electron chi connectivity index (χ3n) is 3.18. The summed E-state index contributed by atoms with van der Waals surface area (Å²) in [6.07, 6.45) is 1.10. The first kappa shape index (κ1) is 14.8. The second kappa shape index (κ2) is 6.64. The smallest absolute Gasteiger partial charge is 0.161 e. The molecule has 0 heterocycles. The molecular weight excluding hydrogens is 226 g/mol. The van der Waals surface area contributed by atoms with Crippen LogP contribution in [0.1, 0.15) is 39.7 Å². The lowest BCUT2D eigenvalue weighted by atomic mass is 10.0. The first-order chi connectivity index (χ1) is 8.52. The molecule has 0 aliphatic heterocycles. The van der Waals surface area contributed by atoms with E-state index < -0.39 is 0 Å². The van der Waals surface area contributed by atoms with Gasteiger partial charge in [-0.3, -0.25) is 0 Å². The van der Waals surface area contributed by atoms with Crippen molar-refractivity contribution in [2.75, 3.05) is 13.7 Å². The van der Waals surface area contributed by atoms with E-state index in [1.165, 1.54) is 5.56 Å². The zero-order chi connectivity index (χ0) is 13.6. The zero-order valence-corrected chi connectivity index (χ0v) is 12.2. The summed E-state index contributed by atoms with van der Waals surface area (Å²) < 4.78 is 10.8. The molecule has 102 valence electrons. The van der Waals surface area contributed by atoms with Crippen molar-refractivity contribution in [2.24, 2.45) is 0 Å². The maximum atomic E-state index is 5.50. The van der Waals surface area contributed by atoms with Crippen LogP contribution in [0, 0.1) is 0 Å². The Labute approximate surface area is 110 Å². The van der Waals surface area contributed by atoms with Gasteiger partial charge in [-0.25, -0.2) is 0 Å². The predicted molar refractivity (Wildman–Crippen MR) is 75.4 cm³/mol. The van der Waals surface area contributed by atoms with E-state index in [4.69, 9.17) is 9.47 Å². The fourth-order valence-electron chi connectivity index (χ4n) is 1.56. The van der Waals surface area contributed by atoms with Crippen molar-refractivity contribution in [3.05, 3.63) is 23.8 Å². The minimum absolute atomic E-state index is 0.159. The second-order valence-electron chi connectivity index (χ2n) is 5.01. The molecule has 0 aliphatic rings. The van der Waals surface area contributed by atoms with Gasteiger partial charge in [0, 0.05) is 12.1 Å². The molecule has 0 aliphatic carbocycles. The van der Waals surface area contributed by atoms with Crippen molar-refractivity contribution < 1.29 is 9.47 Å². The molecule has 0 fully saturated rings. The summed E-state index contributed by atoms with van der Waals surface area (Å²) in [6.45, 7) is 10.1. The molecular formula is C15H25NO2. The Balaban J connectivity index is 2.73. The van der Waals surface area contributed by atoms with Crippen LogP contribution in [-0.2, 0) is 6.54 Å². The van der Waals surface area contributed by atoms with Crippen molar-refractivity contribution >= 4 is 0 Å². The maximum Gasteiger partial charge on any atom is 0.161 e. The molecule has 0 spiro atoms. The molecule has 18 heavy (non-hydrogen) atoms. The van der Waals surface area contributed by atoms with Crippen LogP contribution >= 0.6 is 0 Å². The Hall–Kier alpha value is -1.22. The quantitative estimate of drug-likeness (QED) is 0.806. The molecule has 0 saturated heterocycles. The Morgan fingerprint density at radius 2 is 1.89 bits per heavy atom. The topological polar surface area (TPSA) is 30.5 Å². The predicted octanol–water partition coefficient (Wildman–Crippen LogP) is 3.37. The van der Waals surface area contributed by atoms with Gasteiger partial charge in [-0.2, -0.15) is 0 Å². The van der Waals surface area contributed by atoms with Gasteiger partial charge < -0.3 is 14.8 Å². The molecule has 1 N–H and O–H groups in total. The lowest BCUT2D eigenvalue weighted by Crippen LogP contribution is -2.37. The van der Waals surface area contributed by atoms with Gasteiger partial charge in [-0.05, 0) is 44.9 Å². The third kappa shape index (κ3) is 4.22. The minimum Gasteiger partial charge on any atom is -0.493 e. The van der Waals surface area contributed by atoms with E-state index in [1.807, 2.05) is 19.1 Å². The Morgan fingerprint density at radius 1 is 1.17 bits per heavy atom. The van der Waals surface area contributed by atoms with Crippen LogP contribution in [0.2, 0.25) is 0 Å². The fraction of sp³-hybridized carbons (Fsp3) is 0.600. The monoisotopic (exact) mass is 251 g/mol. The SMILES string of the molecule is CCOc1ccc(CNC(C)(C)CC)cc1OC. The van der Waals surface area contributed by atoms with Crippen LogP contribution in [-0.4, -0.2) is 19.3 Å². The average molecular weight is 251 g/mol. The second-order valence-corrected chi connectivity index (χ2v) is 5.01. The minimum atomic E-state index is 0.159. The van der Waals surface area contributed by atoms with Crippen LogP contribution in [0.3, 0.4) is 0 Å². The van der Waals surface area contributed by atoms with Gasteiger partial charge in [-0.1, -0.05) is 13.0 Å². The van der Waals surface area contributed by atoms with Crippen molar-refractivity contribution in [1.29, 1.82) is 0 Å². The highest BCUT2D eigenvalue weighted by Crippen LogP contribution is 2.28. The average Bonchev–Trinajstić information content (AvgIpc) is 2.38. The molecule has 0 unspecified atom stereocenters. The molecule has 0 bridgehead atoms. The first-order valence-electron chi connectivity index (χ1n) is 6.57. The number of rotatable bonds is 7. The largest absolute Gasteiger partial charge is 0.493 e. The highest BCUT2D eigenvalue weighted by Gasteiger charge is 2.14. The van der Waals surface area contributed by atoms with E-state index in [0.29, 0.717) is 6.61 Å². The van der Waals surface area contributed by atoms with Gasteiger partial charge in [0.05, 0.1) is 13.7 Å². The van der Waals surface area contributed by atoms with E-state index in [2.05, 4.69) is 32.2 Å². The Morgan fingerprint density at radius 3 is 2.44 bits per heavy atom. The van der Waals surface area contributed by atoms with Crippen molar-refractivity contribution in [3.63, 3.8) is 0 Å². The molecule has 3 heteroatoms. The van der Waals surface area contributed by atoms with E-state index in [1.54, 1.807) is 7.11 Å². The Kier molecular flexibility index (Phi) is 5.48. The number of hydrogen-bond acceptors (Lipinski definition) is 3. The van der Waals surface area contributed by atoms with Crippen LogP contribution in [0.15, 0.2) is 18.2 Å². The van der Waals surface area contributed by atoms with E-state index >= 15 is 0 Å². The number of ether oxygens (including phenoxy) is 2. The number of benzene rings is 1. The van der Waals surface area contributed by atoms with Crippen molar-refractivity contribution in [2.45, 2.75) is 46.2 Å². The number of methoxy groups -OCH3 is 1. The normalized spacial score (nSPS) is 11.4. The summed E-state index contributed by atoms with van der Waals surface area (Å²) in [5.74, 6) is 1.60. The van der Waals surface area contributed by atoms with Crippen LogP contribution in [0.5, 0.6) is 11.5 Å². The zero-order valence-electron chi connectivity index (χ0n) is 12.2. The van der Waals surface area contributed by atoms with Crippen LogP contribution < -0.4 is 14.8 Å². The summed E-state index contributed by atoms with van der Waals surface area (Å²) in [4.78, 5) is 0. The molecule has 0 aromatic heterocycles. The number of hydrogen-bond donors (Lipinski definition) is 1. The van der Waals surface area contributed by atoms with Crippen LogP contribution in [0.4, 0.5) is 0 Å². The maximum absolute atomic E-state index is 5.50. The van der Waals surface area contributed by atoms with Gasteiger partial charge in [0.1, 0.15) is 0 Å². The molecule has 1 aromatic carbocycles. The summed E-state index contributed by atoms with van der Waals surface area (Å²) in [5, 5.41) is 3.53. The lowest BCUT2D eigenvalue weighted by molar-refractivity contribution is 0.310. The highest BCUT2D eigenvalue weighted by atomic mass is 16.5. The molecule has 0 saturated carbocycles. The van der Waals surface area contributed by atoms with Crippen molar-refractivity contribution in [1.82, 2.24) is 5.32 Å². The van der Waals surface area contributed by atoms with Gasteiger partial charge in [0.15, 0.2) is 11.5 Å². The highest BCUT2D eigenvalue weighted by molar-refractivity contribution is 5.42. The van der Waals surface area contributed by atoms with E-state index in [9.17, 15) is 0 Å². The van der Waals surface area contributed by atoms with Gasteiger partial charge in [0.25, 0.3) is 0 Å². The summed E-state index contributed by atoms with van der Waals surface area (Å²) in [5.41, 5.74) is 1.36. The summed E-state index contributed by atoms with van der Waals surface area (Å²) in [7, 11) is 1.67. The first-order valence-corrected chi connectivity index (χ1v) is 6.57. The molecule has 0 radical (unpaired) electrons. The van der Waals surface area contributed by atoms with Gasteiger partial charge in [-0.15, -0.1) is 0 Å². The summed E-state index contributed by atoms with van der Waals surface area (Å²) in [6, 6.07) is 6.08. The summed E-state index contributed by atoms with van der Waals surface area (Å²) >= 11 is 0. The number of nitrogens with one attached hydrogen (secondary N) is 1. The molecule has 0 amide bonds. The van der Waals surface area contributed by atoms with Crippen LogP contribution in [0.25, 0.3) is 0 Å². The lowest BCUT2D eigenvalue weighted by Gasteiger charge is -2.24. The van der Waals surface area contributed by atoms with E-state index in [-0.39, 0.29) is 5.54 Å². The molecule has 0 atom stereocenters. The third-order valence-corrected chi connectivity index (χ3v) is 3.18. The molecule has 1 rings (SSSR count). The molecule has 1 aromatic rings. The van der Waals surface area contributed by atoms with Gasteiger partial charge >= 0.3 is 0 Å². The molecule has 3 nitrogen and oxygen atoms in total. The standard InChI is InChI=1S/C15H25NO2/c1-6-15(3,4)16-11-12-8-9-13(18-7-2)14(10-12)17-5/h8-10,16H,6-7,11H2,1-5H3. The van der Waals surface area contributed by atoms with Gasteiger partial charge in [0.2, 0.25) is 0 Å². The Bertz CT molecular complexity index is 375.